The molecule has 1 N–H and O–H groups in total. The Morgan fingerprint density at radius 2 is 1.79 bits per heavy atom. The van der Waals surface area contributed by atoms with Crippen LogP contribution in [0.1, 0.15) is 22.3 Å². The van der Waals surface area contributed by atoms with Gasteiger partial charge in [0.15, 0.2) is 0 Å². The molecule has 1 aromatic carbocycles. The van der Waals surface area contributed by atoms with Crippen molar-refractivity contribution in [3.05, 3.63) is 59.8 Å². The van der Waals surface area contributed by atoms with Crippen molar-refractivity contribution in [3.8, 4) is 0 Å². The largest absolute Gasteiger partial charge is 0.354 e. The number of aromatic nitrogens is 1. The molecule has 1 fully saturated rings. The molecule has 1 amide bonds. The van der Waals surface area contributed by atoms with E-state index >= 15 is 0 Å². The van der Waals surface area contributed by atoms with Gasteiger partial charge in [0.1, 0.15) is 5.82 Å². The lowest BCUT2D eigenvalue weighted by molar-refractivity contribution is 0.0953. The smallest absolute Gasteiger partial charge is 0.251 e. The molecule has 2 aromatic rings. The molecule has 3 rings (SSSR count). The molecular formula is C20H26N4O3S. The molecule has 28 heavy (non-hydrogen) atoms. The number of carbonyl (C=O) groups is 1. The minimum absolute atomic E-state index is 0.0325. The van der Waals surface area contributed by atoms with Crippen LogP contribution in [0.25, 0.3) is 0 Å². The first-order valence-electron chi connectivity index (χ1n) is 9.44. The number of nitrogens with zero attached hydrogens (tertiary/aromatic N) is 3. The molecule has 2 heterocycles. The van der Waals surface area contributed by atoms with Crippen LogP contribution in [0.4, 0.5) is 5.82 Å². The fourth-order valence-corrected chi connectivity index (χ4v) is 4.62. The third-order valence-electron chi connectivity index (χ3n) is 4.78. The second-order valence-electron chi connectivity index (χ2n) is 6.87. The molecule has 0 radical (unpaired) electrons. The summed E-state index contributed by atoms with van der Waals surface area (Å²) in [5.41, 5.74) is 1.67. The Labute approximate surface area is 166 Å². The van der Waals surface area contributed by atoms with E-state index in [2.05, 4.69) is 15.2 Å². The number of benzene rings is 1. The second-order valence-corrected chi connectivity index (χ2v) is 8.95. The van der Waals surface area contributed by atoms with Gasteiger partial charge in [-0.25, -0.2) is 13.4 Å². The van der Waals surface area contributed by atoms with Crippen LogP contribution in [-0.2, 0) is 10.0 Å². The number of carbonyl (C=O) groups excluding carboxylic acids is 1. The first-order valence-corrected chi connectivity index (χ1v) is 11.1. The van der Waals surface area contributed by atoms with Crippen molar-refractivity contribution in [1.82, 2.24) is 14.6 Å². The molecule has 0 spiro atoms. The van der Waals surface area contributed by atoms with Gasteiger partial charge in [-0.2, -0.15) is 4.31 Å². The zero-order chi connectivity index (χ0) is 20.0. The maximum absolute atomic E-state index is 12.6. The van der Waals surface area contributed by atoms with Crippen molar-refractivity contribution in [2.24, 2.45) is 0 Å². The van der Waals surface area contributed by atoms with Gasteiger partial charge in [0.05, 0.1) is 5.75 Å². The Hall–Kier alpha value is -2.45. The maximum Gasteiger partial charge on any atom is 0.251 e. The summed E-state index contributed by atoms with van der Waals surface area (Å²) in [6.07, 6.45) is 2.13. The van der Waals surface area contributed by atoms with E-state index in [1.807, 2.05) is 37.3 Å². The average molecular weight is 403 g/mol. The third-order valence-corrected chi connectivity index (χ3v) is 6.74. The molecule has 0 saturated carbocycles. The van der Waals surface area contributed by atoms with E-state index in [9.17, 15) is 13.2 Å². The lowest BCUT2D eigenvalue weighted by Crippen LogP contribution is -2.49. The number of pyridine rings is 1. The van der Waals surface area contributed by atoms with Gasteiger partial charge in [0, 0.05) is 44.5 Å². The van der Waals surface area contributed by atoms with Crippen LogP contribution in [0.15, 0.2) is 48.7 Å². The highest BCUT2D eigenvalue weighted by atomic mass is 32.2. The minimum Gasteiger partial charge on any atom is -0.354 e. The zero-order valence-electron chi connectivity index (χ0n) is 16.0. The van der Waals surface area contributed by atoms with Gasteiger partial charge < -0.3 is 10.2 Å². The summed E-state index contributed by atoms with van der Waals surface area (Å²) in [5.74, 6) is 0.727. The van der Waals surface area contributed by atoms with Gasteiger partial charge in [-0.15, -0.1) is 0 Å². The van der Waals surface area contributed by atoms with Gasteiger partial charge in [-0.1, -0.05) is 23.8 Å². The number of nitrogens with one attached hydrogen (secondary N) is 1. The molecule has 0 bridgehead atoms. The summed E-state index contributed by atoms with van der Waals surface area (Å²) in [7, 11) is -3.32. The Bertz CT molecular complexity index is 877. The van der Waals surface area contributed by atoms with Crippen molar-refractivity contribution in [2.45, 2.75) is 13.3 Å². The molecular weight excluding hydrogens is 376 g/mol. The molecule has 0 aliphatic carbocycles. The van der Waals surface area contributed by atoms with E-state index in [1.54, 1.807) is 18.3 Å². The maximum atomic E-state index is 12.6. The van der Waals surface area contributed by atoms with E-state index in [-0.39, 0.29) is 11.7 Å². The molecule has 0 atom stereocenters. The highest BCUT2D eigenvalue weighted by Gasteiger charge is 2.26. The predicted molar refractivity (Wildman–Crippen MR) is 110 cm³/mol. The fourth-order valence-electron chi connectivity index (χ4n) is 3.13. The molecule has 1 saturated heterocycles. The molecule has 150 valence electrons. The number of piperazine rings is 1. The van der Waals surface area contributed by atoms with E-state index in [1.165, 1.54) is 4.31 Å². The summed E-state index contributed by atoms with van der Waals surface area (Å²) in [5, 5.41) is 2.78. The third kappa shape index (κ3) is 5.30. The summed E-state index contributed by atoms with van der Waals surface area (Å²) >= 11 is 0. The van der Waals surface area contributed by atoms with Crippen LogP contribution in [0.5, 0.6) is 0 Å². The SMILES string of the molecule is Cc1ccc(C(=O)NCCCS(=O)(=O)N2CCN(c3ccccn3)CC2)cc1. The van der Waals surface area contributed by atoms with E-state index in [0.717, 1.165) is 11.4 Å². The number of hydrogen-bond donors (Lipinski definition) is 1. The number of sulfonamides is 1. The van der Waals surface area contributed by atoms with Crippen LogP contribution in [0.3, 0.4) is 0 Å². The number of amides is 1. The Morgan fingerprint density at radius 3 is 2.43 bits per heavy atom. The molecule has 8 heteroatoms. The zero-order valence-corrected chi connectivity index (χ0v) is 16.9. The first-order chi connectivity index (χ1) is 13.5. The van der Waals surface area contributed by atoms with Crippen LogP contribution < -0.4 is 10.2 Å². The first kappa shape index (κ1) is 20.3. The number of rotatable bonds is 7. The fraction of sp³-hybridized carbons (Fsp3) is 0.400. The minimum atomic E-state index is -3.32. The van der Waals surface area contributed by atoms with Crippen LogP contribution in [-0.4, -0.2) is 62.1 Å². The Kier molecular flexibility index (Phi) is 6.64. The van der Waals surface area contributed by atoms with Crippen molar-refractivity contribution < 1.29 is 13.2 Å². The van der Waals surface area contributed by atoms with Crippen LogP contribution in [0, 0.1) is 6.92 Å². The summed E-state index contributed by atoms with van der Waals surface area (Å²) in [6.45, 7) is 4.45. The highest BCUT2D eigenvalue weighted by molar-refractivity contribution is 7.89. The lowest BCUT2D eigenvalue weighted by Gasteiger charge is -2.34. The molecule has 1 aliphatic heterocycles. The van der Waals surface area contributed by atoms with E-state index in [4.69, 9.17) is 0 Å². The van der Waals surface area contributed by atoms with E-state index < -0.39 is 10.0 Å². The van der Waals surface area contributed by atoms with Gasteiger partial charge in [0.25, 0.3) is 5.91 Å². The van der Waals surface area contributed by atoms with Gasteiger partial charge in [-0.05, 0) is 37.6 Å². The van der Waals surface area contributed by atoms with Crippen molar-refractivity contribution in [1.29, 1.82) is 0 Å². The average Bonchev–Trinajstić information content (AvgIpc) is 2.72. The molecule has 0 unspecified atom stereocenters. The van der Waals surface area contributed by atoms with Crippen molar-refractivity contribution in [2.75, 3.05) is 43.4 Å². The lowest BCUT2D eigenvalue weighted by atomic mass is 10.1. The number of aryl methyl sites for hydroxylation is 1. The summed E-state index contributed by atoms with van der Waals surface area (Å²) in [4.78, 5) is 18.5. The number of anilines is 1. The molecule has 1 aromatic heterocycles. The summed E-state index contributed by atoms with van der Waals surface area (Å²) in [6, 6.07) is 13.0. The quantitative estimate of drug-likeness (QED) is 0.713. The van der Waals surface area contributed by atoms with Gasteiger partial charge in [0.2, 0.25) is 10.0 Å². The van der Waals surface area contributed by atoms with Gasteiger partial charge >= 0.3 is 0 Å². The predicted octanol–water partition coefficient (Wildman–Crippen LogP) is 1.66. The second kappa shape index (κ2) is 9.16. The van der Waals surface area contributed by atoms with Crippen molar-refractivity contribution >= 4 is 21.7 Å². The highest BCUT2D eigenvalue weighted by Crippen LogP contribution is 2.15. The Morgan fingerprint density at radius 1 is 1.07 bits per heavy atom. The molecule has 7 nitrogen and oxygen atoms in total. The summed E-state index contributed by atoms with van der Waals surface area (Å²) < 4.78 is 26.7. The topological polar surface area (TPSA) is 82.6 Å². The monoisotopic (exact) mass is 402 g/mol. The van der Waals surface area contributed by atoms with Gasteiger partial charge in [-0.3, -0.25) is 4.79 Å². The number of hydrogen-bond acceptors (Lipinski definition) is 5. The van der Waals surface area contributed by atoms with Crippen LogP contribution in [0.2, 0.25) is 0 Å². The Balaban J connectivity index is 1.42. The van der Waals surface area contributed by atoms with Crippen molar-refractivity contribution in [3.63, 3.8) is 0 Å². The normalized spacial score (nSPS) is 15.4. The van der Waals surface area contributed by atoms with E-state index in [0.29, 0.717) is 44.7 Å². The van der Waals surface area contributed by atoms with Crippen LogP contribution >= 0.6 is 0 Å². The standard InChI is InChI=1S/C20H26N4O3S/c1-17-6-8-18(9-7-17)20(25)22-11-4-16-28(26,27)24-14-12-23(13-15-24)19-5-2-3-10-21-19/h2-3,5-10H,4,11-16H2,1H3,(H,22,25). The molecule has 1 aliphatic rings.